The van der Waals surface area contributed by atoms with Crippen molar-refractivity contribution >= 4 is 11.7 Å². The molecule has 0 amide bonds. The van der Waals surface area contributed by atoms with Gasteiger partial charge in [0.05, 0.1) is 11.3 Å². The Bertz CT molecular complexity index is 603. The Morgan fingerprint density at radius 1 is 1.32 bits per heavy atom. The summed E-state index contributed by atoms with van der Waals surface area (Å²) >= 11 is 0. The van der Waals surface area contributed by atoms with E-state index in [9.17, 15) is 13.6 Å². The summed E-state index contributed by atoms with van der Waals surface area (Å²) in [6, 6.07) is 4.85. The van der Waals surface area contributed by atoms with E-state index in [-0.39, 0.29) is 12.3 Å². The third-order valence-electron chi connectivity index (χ3n) is 2.40. The highest BCUT2D eigenvalue weighted by Crippen LogP contribution is 2.17. The Labute approximate surface area is 107 Å². The van der Waals surface area contributed by atoms with Crippen molar-refractivity contribution in [2.75, 3.05) is 5.73 Å². The lowest BCUT2D eigenvalue weighted by molar-refractivity contribution is 0.0467. The van der Waals surface area contributed by atoms with Gasteiger partial charge in [0.1, 0.15) is 18.2 Å². The van der Waals surface area contributed by atoms with Crippen molar-refractivity contribution in [1.29, 1.82) is 0 Å². The van der Waals surface area contributed by atoms with Crippen molar-refractivity contribution in [3.05, 3.63) is 59.4 Å². The van der Waals surface area contributed by atoms with E-state index in [0.29, 0.717) is 11.6 Å². The van der Waals surface area contributed by atoms with Crippen molar-refractivity contribution in [3.8, 4) is 0 Å². The molecule has 0 aliphatic rings. The first kappa shape index (κ1) is 12.9. The van der Waals surface area contributed by atoms with E-state index < -0.39 is 23.2 Å². The summed E-state index contributed by atoms with van der Waals surface area (Å²) in [5, 5.41) is 0. The Kier molecular flexibility index (Phi) is 3.70. The molecule has 0 spiro atoms. The molecule has 0 saturated heterocycles. The molecule has 19 heavy (non-hydrogen) atoms. The molecule has 98 valence electrons. The van der Waals surface area contributed by atoms with Gasteiger partial charge >= 0.3 is 5.97 Å². The third-order valence-corrected chi connectivity index (χ3v) is 2.40. The maximum Gasteiger partial charge on any atom is 0.341 e. The molecule has 1 aromatic heterocycles. The number of carbonyl (C=O) groups is 1. The summed E-state index contributed by atoms with van der Waals surface area (Å²) in [6.07, 6.45) is 3.09. The van der Waals surface area contributed by atoms with E-state index in [4.69, 9.17) is 10.5 Å². The summed E-state index contributed by atoms with van der Waals surface area (Å²) in [7, 11) is 0. The molecular formula is C13H10F2N2O2. The molecule has 6 heteroatoms. The second-order valence-electron chi connectivity index (χ2n) is 3.79. The normalized spacial score (nSPS) is 10.2. The molecule has 0 aliphatic heterocycles. The van der Waals surface area contributed by atoms with Crippen molar-refractivity contribution in [1.82, 2.24) is 4.98 Å². The second-order valence-corrected chi connectivity index (χ2v) is 3.79. The van der Waals surface area contributed by atoms with E-state index in [2.05, 4.69) is 4.98 Å². The molecule has 0 fully saturated rings. The third kappa shape index (κ3) is 3.04. The first-order valence-corrected chi connectivity index (χ1v) is 5.38. The molecule has 0 unspecified atom stereocenters. The van der Waals surface area contributed by atoms with Crippen LogP contribution in [0.25, 0.3) is 0 Å². The number of hydrogen-bond donors (Lipinski definition) is 1. The monoisotopic (exact) mass is 264 g/mol. The van der Waals surface area contributed by atoms with Crippen LogP contribution < -0.4 is 5.73 Å². The Morgan fingerprint density at radius 3 is 2.79 bits per heavy atom. The Morgan fingerprint density at radius 2 is 2.11 bits per heavy atom. The van der Waals surface area contributed by atoms with Gasteiger partial charge in [0.2, 0.25) is 0 Å². The van der Waals surface area contributed by atoms with Crippen LogP contribution >= 0.6 is 0 Å². The molecule has 0 bridgehead atoms. The first-order chi connectivity index (χ1) is 9.08. The highest BCUT2D eigenvalue weighted by atomic mass is 19.1. The zero-order valence-electron chi connectivity index (χ0n) is 9.77. The molecule has 2 aromatic rings. The minimum atomic E-state index is -1.01. The fourth-order valence-electron chi connectivity index (χ4n) is 1.43. The van der Waals surface area contributed by atoms with Gasteiger partial charge in [0.25, 0.3) is 0 Å². The minimum Gasteiger partial charge on any atom is -0.457 e. The zero-order valence-corrected chi connectivity index (χ0v) is 9.77. The fraction of sp³-hybridized carbons (Fsp3) is 0.0769. The van der Waals surface area contributed by atoms with E-state index in [1.807, 2.05) is 0 Å². The van der Waals surface area contributed by atoms with Crippen LogP contribution in [-0.4, -0.2) is 11.0 Å². The topological polar surface area (TPSA) is 65.2 Å². The Balaban J connectivity index is 2.10. The molecule has 4 nitrogen and oxygen atoms in total. The molecule has 0 saturated carbocycles. The Hall–Kier alpha value is -2.50. The van der Waals surface area contributed by atoms with Gasteiger partial charge in [-0.05, 0) is 12.1 Å². The van der Waals surface area contributed by atoms with Gasteiger partial charge < -0.3 is 10.5 Å². The van der Waals surface area contributed by atoms with Crippen LogP contribution in [0.3, 0.4) is 0 Å². The van der Waals surface area contributed by atoms with E-state index >= 15 is 0 Å². The van der Waals surface area contributed by atoms with Gasteiger partial charge in [0, 0.05) is 24.0 Å². The van der Waals surface area contributed by atoms with Gasteiger partial charge in [0.15, 0.2) is 0 Å². The first-order valence-electron chi connectivity index (χ1n) is 5.38. The largest absolute Gasteiger partial charge is 0.457 e. The van der Waals surface area contributed by atoms with Gasteiger partial charge in [-0.2, -0.15) is 0 Å². The van der Waals surface area contributed by atoms with Crippen LogP contribution in [0, 0.1) is 11.6 Å². The van der Waals surface area contributed by atoms with Crippen LogP contribution in [0.2, 0.25) is 0 Å². The standard InChI is InChI=1S/C13H10F2N2O2/c14-10-5-11(15)12(16)4-9(10)13(18)19-7-8-2-1-3-17-6-8/h1-6H,7,16H2. The molecule has 0 radical (unpaired) electrons. The average molecular weight is 264 g/mol. The van der Waals surface area contributed by atoms with E-state index in [1.54, 1.807) is 18.3 Å². The van der Waals surface area contributed by atoms with Gasteiger partial charge in [-0.15, -0.1) is 0 Å². The molecule has 1 aromatic carbocycles. The van der Waals surface area contributed by atoms with Gasteiger partial charge in [-0.1, -0.05) is 6.07 Å². The van der Waals surface area contributed by atoms with Crippen LogP contribution in [0.1, 0.15) is 15.9 Å². The highest BCUT2D eigenvalue weighted by molar-refractivity contribution is 5.90. The number of benzene rings is 1. The molecule has 0 aliphatic carbocycles. The number of nitrogens with zero attached hydrogens (tertiary/aromatic N) is 1. The number of ether oxygens (including phenoxy) is 1. The zero-order chi connectivity index (χ0) is 13.8. The molecule has 2 N–H and O–H groups in total. The van der Waals surface area contributed by atoms with Crippen molar-refractivity contribution in [2.24, 2.45) is 0 Å². The average Bonchev–Trinajstić information content (AvgIpc) is 2.41. The maximum absolute atomic E-state index is 13.4. The maximum atomic E-state index is 13.4. The van der Waals surface area contributed by atoms with Crippen molar-refractivity contribution < 1.29 is 18.3 Å². The number of pyridine rings is 1. The number of halogens is 2. The van der Waals surface area contributed by atoms with Crippen LogP contribution in [0.15, 0.2) is 36.7 Å². The fourth-order valence-corrected chi connectivity index (χ4v) is 1.43. The van der Waals surface area contributed by atoms with Crippen LogP contribution in [-0.2, 0) is 11.3 Å². The number of nitrogen functional groups attached to an aromatic ring is 1. The van der Waals surface area contributed by atoms with Crippen molar-refractivity contribution in [3.63, 3.8) is 0 Å². The molecule has 2 rings (SSSR count). The van der Waals surface area contributed by atoms with E-state index in [1.165, 1.54) is 6.20 Å². The lowest BCUT2D eigenvalue weighted by Gasteiger charge is -2.06. The quantitative estimate of drug-likeness (QED) is 0.682. The predicted molar refractivity (Wildman–Crippen MR) is 64.1 cm³/mol. The van der Waals surface area contributed by atoms with E-state index in [0.717, 1.165) is 6.07 Å². The highest BCUT2D eigenvalue weighted by Gasteiger charge is 2.16. The summed E-state index contributed by atoms with van der Waals surface area (Å²) in [4.78, 5) is 15.5. The SMILES string of the molecule is Nc1cc(C(=O)OCc2cccnc2)c(F)cc1F. The van der Waals surface area contributed by atoms with Crippen molar-refractivity contribution in [2.45, 2.75) is 6.61 Å². The van der Waals surface area contributed by atoms with Crippen LogP contribution in [0.4, 0.5) is 14.5 Å². The van der Waals surface area contributed by atoms with Crippen LogP contribution in [0.5, 0.6) is 0 Å². The summed E-state index contributed by atoms with van der Waals surface area (Å²) in [5.41, 5.74) is 5.22. The second kappa shape index (κ2) is 5.43. The smallest absolute Gasteiger partial charge is 0.341 e. The number of nitrogens with two attached hydrogens (primary N) is 1. The lowest BCUT2D eigenvalue weighted by Crippen LogP contribution is -2.09. The minimum absolute atomic E-state index is 0.0522. The predicted octanol–water partition coefficient (Wildman–Crippen LogP) is 2.30. The number of anilines is 1. The number of esters is 1. The summed E-state index contributed by atoms with van der Waals surface area (Å²) in [5.74, 6) is -2.84. The molecule has 0 atom stereocenters. The number of aromatic nitrogens is 1. The molecular weight excluding hydrogens is 254 g/mol. The number of hydrogen-bond acceptors (Lipinski definition) is 4. The molecule has 1 heterocycles. The number of carbonyl (C=O) groups excluding carboxylic acids is 1. The summed E-state index contributed by atoms with van der Waals surface area (Å²) in [6.45, 7) is -0.0522. The van der Waals surface area contributed by atoms with Gasteiger partial charge in [-0.25, -0.2) is 13.6 Å². The number of rotatable bonds is 3. The lowest BCUT2D eigenvalue weighted by atomic mass is 10.2. The van der Waals surface area contributed by atoms with Gasteiger partial charge in [-0.3, -0.25) is 4.98 Å². The summed E-state index contributed by atoms with van der Waals surface area (Å²) < 4.78 is 31.2.